The number of carbonyl (C=O) groups excluding carboxylic acids is 3. The van der Waals surface area contributed by atoms with Crippen LogP contribution in [0.4, 0.5) is 5.69 Å². The second-order valence-electron chi connectivity index (χ2n) is 9.28. The molecule has 0 spiro atoms. The van der Waals surface area contributed by atoms with Crippen molar-refractivity contribution in [3.8, 4) is 11.5 Å². The number of rotatable bonds is 10. The monoisotopic (exact) mass is 500 g/mol. The van der Waals surface area contributed by atoms with Gasteiger partial charge in [-0.15, -0.1) is 0 Å². The predicted molar refractivity (Wildman–Crippen MR) is 142 cm³/mol. The Kier molecular flexibility index (Phi) is 8.23. The Hall–Kier alpha value is -4.13. The molecule has 1 N–H and O–H groups in total. The number of hydrogen-bond acceptors (Lipinski definition) is 5. The number of Topliss-reactive ketones (excluding diaryl/α,β-unsaturated/α-hetero) is 1. The van der Waals surface area contributed by atoms with Crippen molar-refractivity contribution in [2.24, 2.45) is 0 Å². The van der Waals surface area contributed by atoms with E-state index in [1.807, 2.05) is 69.3 Å². The van der Waals surface area contributed by atoms with Crippen LogP contribution in [0.3, 0.4) is 0 Å². The Morgan fingerprint density at radius 3 is 2.57 bits per heavy atom. The van der Waals surface area contributed by atoms with E-state index < -0.39 is 0 Å². The van der Waals surface area contributed by atoms with Gasteiger partial charge in [0.1, 0.15) is 11.5 Å². The average Bonchev–Trinajstić information content (AvgIpc) is 2.90. The van der Waals surface area contributed by atoms with E-state index in [1.54, 1.807) is 23.1 Å². The molecule has 0 aliphatic carbocycles. The molecule has 2 amide bonds. The van der Waals surface area contributed by atoms with Crippen LogP contribution >= 0.6 is 0 Å². The zero-order valence-electron chi connectivity index (χ0n) is 21.5. The lowest BCUT2D eigenvalue weighted by Gasteiger charge is -2.29. The number of hydrogen-bond donors (Lipinski definition) is 1. The number of nitrogens with zero attached hydrogens (tertiary/aromatic N) is 1. The molecule has 0 bridgehead atoms. The highest BCUT2D eigenvalue weighted by atomic mass is 16.5. The van der Waals surface area contributed by atoms with E-state index in [9.17, 15) is 14.4 Å². The van der Waals surface area contributed by atoms with Gasteiger partial charge in [-0.3, -0.25) is 14.4 Å². The molecule has 7 nitrogen and oxygen atoms in total. The van der Waals surface area contributed by atoms with Crippen LogP contribution in [0.25, 0.3) is 0 Å². The summed E-state index contributed by atoms with van der Waals surface area (Å²) in [7, 11) is 0. The first-order valence-electron chi connectivity index (χ1n) is 12.5. The maximum absolute atomic E-state index is 12.8. The van der Waals surface area contributed by atoms with E-state index in [4.69, 9.17) is 9.47 Å². The topological polar surface area (TPSA) is 84.9 Å². The lowest BCUT2D eigenvalue weighted by Crippen LogP contribution is -2.40. The smallest absolute Gasteiger partial charge is 0.265 e. The summed E-state index contributed by atoms with van der Waals surface area (Å²) in [6.07, 6.45) is 0.756. The minimum Gasteiger partial charge on any atom is -0.485 e. The molecule has 1 aliphatic rings. The second-order valence-corrected chi connectivity index (χ2v) is 9.28. The third kappa shape index (κ3) is 6.55. The molecule has 0 unspecified atom stereocenters. The van der Waals surface area contributed by atoms with E-state index in [0.717, 1.165) is 16.7 Å². The molecule has 0 aromatic heterocycles. The van der Waals surface area contributed by atoms with Crippen LogP contribution in [-0.4, -0.2) is 37.4 Å². The highest BCUT2D eigenvalue weighted by Crippen LogP contribution is 2.33. The summed E-state index contributed by atoms with van der Waals surface area (Å²) < 4.78 is 11.3. The molecule has 7 heteroatoms. The van der Waals surface area contributed by atoms with E-state index >= 15 is 0 Å². The van der Waals surface area contributed by atoms with Crippen LogP contribution < -0.4 is 19.7 Å². The molecule has 1 atom stereocenters. The van der Waals surface area contributed by atoms with Gasteiger partial charge < -0.3 is 19.7 Å². The highest BCUT2D eigenvalue weighted by Gasteiger charge is 2.26. The molecule has 0 saturated heterocycles. The van der Waals surface area contributed by atoms with Gasteiger partial charge >= 0.3 is 0 Å². The van der Waals surface area contributed by atoms with E-state index in [1.165, 1.54) is 0 Å². The largest absolute Gasteiger partial charge is 0.485 e. The molecular formula is C30H32N2O5. The van der Waals surface area contributed by atoms with Crippen molar-refractivity contribution < 1.29 is 23.9 Å². The van der Waals surface area contributed by atoms with Crippen LogP contribution in [-0.2, 0) is 9.59 Å². The van der Waals surface area contributed by atoms with Gasteiger partial charge in [0, 0.05) is 18.5 Å². The van der Waals surface area contributed by atoms with Crippen LogP contribution in [0.15, 0.2) is 66.7 Å². The molecule has 3 aromatic carbocycles. The molecule has 1 aliphatic heterocycles. The van der Waals surface area contributed by atoms with Crippen molar-refractivity contribution in [1.29, 1.82) is 0 Å². The van der Waals surface area contributed by atoms with Gasteiger partial charge in [0.2, 0.25) is 5.91 Å². The zero-order valence-corrected chi connectivity index (χ0v) is 21.5. The number of amides is 2. The number of benzene rings is 3. The van der Waals surface area contributed by atoms with Gasteiger partial charge in [0.05, 0.1) is 11.7 Å². The fraction of sp³-hybridized carbons (Fsp3) is 0.300. The van der Waals surface area contributed by atoms with Gasteiger partial charge in [0.15, 0.2) is 19.0 Å². The zero-order chi connectivity index (χ0) is 26.4. The molecule has 0 radical (unpaired) electrons. The maximum Gasteiger partial charge on any atom is 0.265 e. The van der Waals surface area contributed by atoms with Crippen molar-refractivity contribution in [2.45, 2.75) is 39.7 Å². The van der Waals surface area contributed by atoms with Crippen molar-refractivity contribution in [1.82, 2.24) is 5.32 Å². The number of carbonyl (C=O) groups is 3. The third-order valence-corrected chi connectivity index (χ3v) is 6.53. The summed E-state index contributed by atoms with van der Waals surface area (Å²) >= 11 is 0. The predicted octanol–water partition coefficient (Wildman–Crippen LogP) is 4.95. The number of ketones is 1. The standard InChI is InChI=1S/C30H32N2O5/c1-20-11-13-25(16-21(20)2)36-18-27(33)24-12-14-28-26(17-24)32(30(35)19-37-28)15-7-10-29(34)31-22(3)23-8-5-4-6-9-23/h4-6,8-9,11-14,16-17,22H,7,10,15,18-19H2,1-3H3,(H,31,34)/t22-/m1/s1. The van der Waals surface area contributed by atoms with Crippen molar-refractivity contribution in [2.75, 3.05) is 24.7 Å². The van der Waals surface area contributed by atoms with E-state index in [0.29, 0.717) is 35.7 Å². The molecule has 192 valence electrons. The Balaban J connectivity index is 1.36. The summed E-state index contributed by atoms with van der Waals surface area (Å²) in [6, 6.07) is 20.4. The number of anilines is 1. The van der Waals surface area contributed by atoms with Crippen molar-refractivity contribution >= 4 is 23.3 Å². The molecule has 37 heavy (non-hydrogen) atoms. The van der Waals surface area contributed by atoms with Gasteiger partial charge in [-0.2, -0.15) is 0 Å². The van der Waals surface area contributed by atoms with Gasteiger partial charge in [-0.1, -0.05) is 36.4 Å². The number of aryl methyl sites for hydroxylation is 2. The van der Waals surface area contributed by atoms with Gasteiger partial charge in [-0.25, -0.2) is 0 Å². The normalized spacial score (nSPS) is 13.4. The lowest BCUT2D eigenvalue weighted by molar-refractivity contribution is -0.123. The summed E-state index contributed by atoms with van der Waals surface area (Å²) in [5, 5.41) is 3.00. The second kappa shape index (κ2) is 11.7. The number of nitrogens with one attached hydrogen (secondary N) is 1. The molecule has 0 fully saturated rings. The summed E-state index contributed by atoms with van der Waals surface area (Å²) in [4.78, 5) is 39.5. The minimum absolute atomic E-state index is 0.0760. The summed E-state index contributed by atoms with van der Waals surface area (Å²) in [5.74, 6) is 0.683. The number of fused-ring (bicyclic) bond motifs is 1. The van der Waals surface area contributed by atoms with Crippen LogP contribution in [0.1, 0.15) is 52.9 Å². The van der Waals surface area contributed by atoms with Crippen LogP contribution in [0.2, 0.25) is 0 Å². The molecule has 4 rings (SSSR count). The Bertz CT molecular complexity index is 1290. The molecule has 0 saturated carbocycles. The first-order valence-corrected chi connectivity index (χ1v) is 12.5. The summed E-state index contributed by atoms with van der Waals surface area (Å²) in [6.45, 7) is 6.11. The third-order valence-electron chi connectivity index (χ3n) is 6.53. The average molecular weight is 501 g/mol. The number of ether oxygens (including phenoxy) is 2. The minimum atomic E-state index is -0.207. The highest BCUT2D eigenvalue weighted by molar-refractivity contribution is 6.02. The van der Waals surface area contributed by atoms with Crippen LogP contribution in [0, 0.1) is 13.8 Å². The quantitative estimate of drug-likeness (QED) is 0.398. The summed E-state index contributed by atoms with van der Waals surface area (Å²) in [5.41, 5.74) is 4.24. The van der Waals surface area contributed by atoms with Crippen molar-refractivity contribution in [3.05, 3.63) is 89.0 Å². The maximum atomic E-state index is 12.8. The van der Waals surface area contributed by atoms with Crippen molar-refractivity contribution in [3.63, 3.8) is 0 Å². The first kappa shape index (κ1) is 25.9. The fourth-order valence-electron chi connectivity index (χ4n) is 4.19. The van der Waals surface area contributed by atoms with Gasteiger partial charge in [-0.05, 0) is 74.2 Å². The lowest BCUT2D eigenvalue weighted by atomic mass is 10.1. The molecule has 1 heterocycles. The molecule has 3 aromatic rings. The van der Waals surface area contributed by atoms with Gasteiger partial charge in [0.25, 0.3) is 5.91 Å². The Labute approximate surface area is 217 Å². The van der Waals surface area contributed by atoms with E-state index in [-0.39, 0.29) is 43.3 Å². The Morgan fingerprint density at radius 2 is 1.81 bits per heavy atom. The Morgan fingerprint density at radius 1 is 1.03 bits per heavy atom. The van der Waals surface area contributed by atoms with E-state index in [2.05, 4.69) is 5.32 Å². The fourth-order valence-corrected chi connectivity index (χ4v) is 4.19. The van der Waals surface area contributed by atoms with Crippen LogP contribution in [0.5, 0.6) is 11.5 Å². The molecular weight excluding hydrogens is 468 g/mol. The SMILES string of the molecule is Cc1ccc(OCC(=O)c2ccc3c(c2)N(CCCC(=O)N[C@H](C)c2ccccc2)C(=O)CO3)cc1C. The first-order chi connectivity index (χ1) is 17.8.